The highest BCUT2D eigenvalue weighted by Gasteiger charge is 2.00. The van der Waals surface area contributed by atoms with Crippen molar-refractivity contribution < 1.29 is 9.90 Å². The highest BCUT2D eigenvalue weighted by molar-refractivity contribution is 7.07. The molecule has 1 N–H and O–H groups in total. The number of carbonyl (C=O) groups excluding carboxylic acids is 1. The van der Waals surface area contributed by atoms with E-state index in [9.17, 15) is 4.79 Å². The van der Waals surface area contributed by atoms with Gasteiger partial charge < -0.3 is 5.11 Å². The number of rotatable bonds is 3. The Balaban J connectivity index is 2.48. The molecule has 1 aromatic heterocycles. The quantitative estimate of drug-likeness (QED) is 0.704. The third-order valence-corrected chi connectivity index (χ3v) is 1.89. The second-order valence-corrected chi connectivity index (χ2v) is 2.79. The summed E-state index contributed by atoms with van der Waals surface area (Å²) in [6, 6.07) is 1.89. The molecule has 10 heavy (non-hydrogen) atoms. The molecular weight excluding hydrogens is 148 g/mol. The molecule has 0 unspecified atom stereocenters. The Bertz CT molecular complexity index is 203. The summed E-state index contributed by atoms with van der Waals surface area (Å²) < 4.78 is 0. The maximum absolute atomic E-state index is 10.6. The van der Waals surface area contributed by atoms with Gasteiger partial charge in [0.05, 0.1) is 0 Å². The van der Waals surface area contributed by atoms with Crippen LogP contribution in [0.15, 0.2) is 16.8 Å². The first kappa shape index (κ1) is 7.44. The molecular formula is C7H8O2S. The minimum atomic E-state index is -0.351. The van der Waals surface area contributed by atoms with E-state index < -0.39 is 0 Å². The summed E-state index contributed by atoms with van der Waals surface area (Å²) in [6.45, 7) is -0.351. The Hall–Kier alpha value is -0.670. The van der Waals surface area contributed by atoms with Crippen molar-refractivity contribution in [2.24, 2.45) is 0 Å². The zero-order chi connectivity index (χ0) is 7.40. The van der Waals surface area contributed by atoms with Gasteiger partial charge in [0, 0.05) is 6.42 Å². The van der Waals surface area contributed by atoms with Crippen molar-refractivity contribution in [2.75, 3.05) is 6.61 Å². The largest absolute Gasteiger partial charge is 0.389 e. The molecule has 0 amide bonds. The first-order chi connectivity index (χ1) is 4.83. The predicted octanol–water partition coefficient (Wildman–Crippen LogP) is 0.852. The lowest BCUT2D eigenvalue weighted by atomic mass is 10.2. The zero-order valence-corrected chi connectivity index (χ0v) is 6.23. The molecule has 1 aromatic rings. The number of Topliss-reactive ketones (excluding diaryl/α,β-unsaturated/α-hetero) is 1. The van der Waals surface area contributed by atoms with Crippen molar-refractivity contribution in [1.29, 1.82) is 0 Å². The molecule has 3 heteroatoms. The topological polar surface area (TPSA) is 37.3 Å². The predicted molar refractivity (Wildman–Crippen MR) is 40.1 cm³/mol. The van der Waals surface area contributed by atoms with Gasteiger partial charge in [-0.3, -0.25) is 4.79 Å². The monoisotopic (exact) mass is 156 g/mol. The van der Waals surface area contributed by atoms with Crippen LogP contribution in [0, 0.1) is 0 Å². The molecule has 0 aliphatic carbocycles. The number of hydrogen-bond donors (Lipinski definition) is 1. The first-order valence-corrected chi connectivity index (χ1v) is 3.91. The van der Waals surface area contributed by atoms with Gasteiger partial charge in [0.1, 0.15) is 6.61 Å². The van der Waals surface area contributed by atoms with Crippen LogP contribution < -0.4 is 0 Å². The van der Waals surface area contributed by atoms with Crippen molar-refractivity contribution >= 4 is 17.1 Å². The molecule has 0 aliphatic heterocycles. The minimum absolute atomic E-state index is 0.126. The van der Waals surface area contributed by atoms with E-state index in [1.54, 1.807) is 11.3 Å². The average Bonchev–Trinajstić information content (AvgIpc) is 2.40. The van der Waals surface area contributed by atoms with Gasteiger partial charge in [0.15, 0.2) is 5.78 Å². The van der Waals surface area contributed by atoms with Crippen LogP contribution in [-0.2, 0) is 11.2 Å². The number of aliphatic hydroxyl groups excluding tert-OH is 1. The average molecular weight is 156 g/mol. The number of hydrogen-bond acceptors (Lipinski definition) is 3. The third kappa shape index (κ3) is 1.93. The summed E-state index contributed by atoms with van der Waals surface area (Å²) >= 11 is 1.56. The molecule has 54 valence electrons. The molecule has 0 aromatic carbocycles. The van der Waals surface area contributed by atoms with Gasteiger partial charge in [0.25, 0.3) is 0 Å². The van der Waals surface area contributed by atoms with Crippen LogP contribution in [0.1, 0.15) is 5.56 Å². The van der Waals surface area contributed by atoms with E-state index in [-0.39, 0.29) is 12.4 Å². The minimum Gasteiger partial charge on any atom is -0.389 e. The number of aliphatic hydroxyl groups is 1. The SMILES string of the molecule is O=C(CO)Cc1ccsc1. The fourth-order valence-corrected chi connectivity index (χ4v) is 1.35. The van der Waals surface area contributed by atoms with Crippen molar-refractivity contribution in [3.05, 3.63) is 22.4 Å². The lowest BCUT2D eigenvalue weighted by molar-refractivity contribution is -0.121. The van der Waals surface area contributed by atoms with E-state index >= 15 is 0 Å². The van der Waals surface area contributed by atoms with Crippen LogP contribution in [0.3, 0.4) is 0 Å². The number of thiophene rings is 1. The van der Waals surface area contributed by atoms with Gasteiger partial charge in [-0.05, 0) is 22.4 Å². The van der Waals surface area contributed by atoms with E-state index in [1.807, 2.05) is 16.8 Å². The van der Waals surface area contributed by atoms with E-state index in [0.717, 1.165) is 5.56 Å². The fraction of sp³-hybridized carbons (Fsp3) is 0.286. The lowest BCUT2D eigenvalue weighted by Gasteiger charge is -1.90. The standard InChI is InChI=1S/C7H8O2S/c8-4-7(9)3-6-1-2-10-5-6/h1-2,5,8H,3-4H2. The Morgan fingerprint density at radius 1 is 1.70 bits per heavy atom. The van der Waals surface area contributed by atoms with Crippen LogP contribution in [0.5, 0.6) is 0 Å². The van der Waals surface area contributed by atoms with Crippen molar-refractivity contribution in [1.82, 2.24) is 0 Å². The van der Waals surface area contributed by atoms with Gasteiger partial charge in [-0.25, -0.2) is 0 Å². The van der Waals surface area contributed by atoms with E-state index in [2.05, 4.69) is 0 Å². The van der Waals surface area contributed by atoms with Gasteiger partial charge in [-0.1, -0.05) is 0 Å². The lowest BCUT2D eigenvalue weighted by Crippen LogP contribution is -2.06. The van der Waals surface area contributed by atoms with Crippen LogP contribution in [0.25, 0.3) is 0 Å². The Morgan fingerprint density at radius 3 is 3.00 bits per heavy atom. The molecule has 0 spiro atoms. The maximum atomic E-state index is 10.6. The summed E-state index contributed by atoms with van der Waals surface area (Å²) in [6.07, 6.45) is 0.361. The van der Waals surface area contributed by atoms with Crippen molar-refractivity contribution in [3.63, 3.8) is 0 Å². The number of carbonyl (C=O) groups is 1. The Kier molecular flexibility index (Phi) is 2.59. The van der Waals surface area contributed by atoms with Gasteiger partial charge in [-0.15, -0.1) is 0 Å². The normalized spacial score (nSPS) is 9.70. The summed E-state index contributed by atoms with van der Waals surface area (Å²) in [5, 5.41) is 12.2. The fourth-order valence-electron chi connectivity index (χ4n) is 0.677. The van der Waals surface area contributed by atoms with Crippen LogP contribution in [0.4, 0.5) is 0 Å². The van der Waals surface area contributed by atoms with Gasteiger partial charge >= 0.3 is 0 Å². The molecule has 2 nitrogen and oxygen atoms in total. The highest BCUT2D eigenvalue weighted by atomic mass is 32.1. The molecule has 0 saturated carbocycles. The number of ketones is 1. The molecule has 0 radical (unpaired) electrons. The van der Waals surface area contributed by atoms with E-state index in [4.69, 9.17) is 5.11 Å². The molecule has 0 bridgehead atoms. The Morgan fingerprint density at radius 2 is 2.50 bits per heavy atom. The molecule has 0 fully saturated rings. The molecule has 0 atom stereocenters. The van der Waals surface area contributed by atoms with Crippen LogP contribution in [-0.4, -0.2) is 17.5 Å². The third-order valence-electron chi connectivity index (χ3n) is 1.16. The molecule has 1 rings (SSSR count). The van der Waals surface area contributed by atoms with Crippen LogP contribution in [0.2, 0.25) is 0 Å². The summed E-state index contributed by atoms with van der Waals surface area (Å²) in [7, 11) is 0. The molecule has 1 heterocycles. The molecule has 0 saturated heterocycles. The van der Waals surface area contributed by atoms with Gasteiger partial charge in [0.2, 0.25) is 0 Å². The summed E-state index contributed by atoms with van der Waals surface area (Å²) in [4.78, 5) is 10.6. The summed E-state index contributed by atoms with van der Waals surface area (Å²) in [5.41, 5.74) is 0.990. The first-order valence-electron chi connectivity index (χ1n) is 2.96. The summed E-state index contributed by atoms with van der Waals surface area (Å²) in [5.74, 6) is -0.126. The second kappa shape index (κ2) is 3.49. The Labute approximate surface area is 63.1 Å². The molecule has 0 aliphatic rings. The van der Waals surface area contributed by atoms with Gasteiger partial charge in [-0.2, -0.15) is 11.3 Å². The van der Waals surface area contributed by atoms with Crippen molar-refractivity contribution in [3.8, 4) is 0 Å². The van der Waals surface area contributed by atoms with E-state index in [1.165, 1.54) is 0 Å². The maximum Gasteiger partial charge on any atom is 0.162 e. The highest BCUT2D eigenvalue weighted by Crippen LogP contribution is 2.06. The zero-order valence-electron chi connectivity index (χ0n) is 5.41. The smallest absolute Gasteiger partial charge is 0.162 e. The second-order valence-electron chi connectivity index (χ2n) is 2.01. The van der Waals surface area contributed by atoms with Crippen LogP contribution >= 0.6 is 11.3 Å². The van der Waals surface area contributed by atoms with E-state index in [0.29, 0.717) is 6.42 Å². The van der Waals surface area contributed by atoms with Crippen molar-refractivity contribution in [2.45, 2.75) is 6.42 Å².